The maximum atomic E-state index is 10.8. The summed E-state index contributed by atoms with van der Waals surface area (Å²) in [5.41, 5.74) is 0.722. The second-order valence-electron chi connectivity index (χ2n) is 3.67. The molecule has 0 amide bonds. The van der Waals surface area contributed by atoms with Crippen LogP contribution in [0.1, 0.15) is 12.0 Å². The topological polar surface area (TPSA) is 85.1 Å². The van der Waals surface area contributed by atoms with Crippen LogP contribution >= 0.6 is 0 Å². The van der Waals surface area contributed by atoms with Gasteiger partial charge in [0.2, 0.25) is 0 Å². The summed E-state index contributed by atoms with van der Waals surface area (Å²) in [6.07, 6.45) is 3.67. The Morgan fingerprint density at radius 3 is 2.82 bits per heavy atom. The van der Waals surface area contributed by atoms with E-state index in [9.17, 15) is 14.3 Å². The average Bonchev–Trinajstić information content (AvgIpc) is 2.25. The van der Waals surface area contributed by atoms with Crippen molar-refractivity contribution < 1.29 is 9.13 Å². The van der Waals surface area contributed by atoms with Crippen LogP contribution in [0, 0.1) is 17.0 Å². The van der Waals surface area contributed by atoms with Gasteiger partial charge < -0.3 is 5.32 Å². The molecular weight excluding hydrogens is 242 g/mol. The van der Waals surface area contributed by atoms with Crippen molar-refractivity contribution in [3.8, 4) is 0 Å². The summed E-state index contributed by atoms with van der Waals surface area (Å²) < 4.78 is 10.8. The van der Waals surface area contributed by atoms with Crippen LogP contribution in [0.4, 0.5) is 11.5 Å². The molecule has 1 unspecified atom stereocenters. The standard InChI is InChI=1S/C10H15N3O3S/c1-8-6-9(13(14)15)7-12-10(8)11-4-3-5-17(2)16/h6-7H,3-5H2,1-2H3,(H,11,12). The van der Waals surface area contributed by atoms with E-state index in [4.69, 9.17) is 0 Å². The number of nitrogens with one attached hydrogen (secondary N) is 1. The van der Waals surface area contributed by atoms with E-state index >= 15 is 0 Å². The Labute approximate surface area is 102 Å². The second kappa shape index (κ2) is 6.29. The van der Waals surface area contributed by atoms with Gasteiger partial charge in [-0.3, -0.25) is 14.3 Å². The van der Waals surface area contributed by atoms with Crippen molar-refractivity contribution in [2.75, 3.05) is 23.9 Å². The molecule has 0 saturated carbocycles. The van der Waals surface area contributed by atoms with Gasteiger partial charge in [-0.15, -0.1) is 0 Å². The molecule has 0 aliphatic heterocycles. The van der Waals surface area contributed by atoms with Gasteiger partial charge in [0, 0.05) is 35.4 Å². The lowest BCUT2D eigenvalue weighted by molar-refractivity contribution is -0.385. The third-order valence-electron chi connectivity index (χ3n) is 2.18. The number of pyridine rings is 1. The molecule has 1 heterocycles. The molecule has 1 aromatic heterocycles. The molecule has 1 rings (SSSR count). The molecule has 1 N–H and O–H groups in total. The summed E-state index contributed by atoms with van der Waals surface area (Å²) in [6, 6.07) is 1.48. The molecule has 17 heavy (non-hydrogen) atoms. The fraction of sp³-hybridized carbons (Fsp3) is 0.500. The molecule has 6 nitrogen and oxygen atoms in total. The average molecular weight is 257 g/mol. The Morgan fingerprint density at radius 1 is 1.59 bits per heavy atom. The van der Waals surface area contributed by atoms with E-state index < -0.39 is 15.7 Å². The maximum absolute atomic E-state index is 10.8. The fourth-order valence-corrected chi connectivity index (χ4v) is 1.88. The zero-order valence-electron chi connectivity index (χ0n) is 9.80. The molecule has 0 fully saturated rings. The molecule has 0 bridgehead atoms. The molecule has 0 radical (unpaired) electrons. The van der Waals surface area contributed by atoms with Crippen molar-refractivity contribution in [2.45, 2.75) is 13.3 Å². The molecule has 7 heteroatoms. The Balaban J connectivity index is 2.54. The van der Waals surface area contributed by atoms with Crippen LogP contribution in [0.25, 0.3) is 0 Å². The molecular formula is C10H15N3O3S. The second-order valence-corrected chi connectivity index (χ2v) is 5.23. The summed E-state index contributed by atoms with van der Waals surface area (Å²) in [5, 5.41) is 13.6. The Kier molecular flexibility index (Phi) is 5.02. The highest BCUT2D eigenvalue weighted by molar-refractivity contribution is 7.84. The number of aryl methyl sites for hydroxylation is 1. The SMILES string of the molecule is Cc1cc([N+](=O)[O-])cnc1NCCCS(C)=O. The quantitative estimate of drug-likeness (QED) is 0.474. The zero-order valence-corrected chi connectivity index (χ0v) is 10.6. The fourth-order valence-electron chi connectivity index (χ4n) is 1.33. The van der Waals surface area contributed by atoms with Gasteiger partial charge in [-0.1, -0.05) is 0 Å². The molecule has 0 saturated heterocycles. The molecule has 0 spiro atoms. The number of hydrogen-bond acceptors (Lipinski definition) is 5. The summed E-state index contributed by atoms with van der Waals surface area (Å²) in [4.78, 5) is 14.0. The molecule has 1 aromatic rings. The molecule has 0 aliphatic rings. The van der Waals surface area contributed by atoms with Crippen molar-refractivity contribution in [1.82, 2.24) is 4.98 Å². The maximum Gasteiger partial charge on any atom is 0.287 e. The van der Waals surface area contributed by atoms with Crippen molar-refractivity contribution in [3.05, 3.63) is 27.9 Å². The summed E-state index contributed by atoms with van der Waals surface area (Å²) >= 11 is 0. The summed E-state index contributed by atoms with van der Waals surface area (Å²) in [7, 11) is -0.788. The van der Waals surface area contributed by atoms with Crippen molar-refractivity contribution >= 4 is 22.3 Å². The number of rotatable bonds is 6. The predicted octanol–water partition coefficient (Wildman–Crippen LogP) is 1.48. The smallest absolute Gasteiger partial charge is 0.287 e. The Morgan fingerprint density at radius 2 is 2.29 bits per heavy atom. The Bertz CT molecular complexity index is 437. The van der Waals surface area contributed by atoms with Crippen LogP contribution in [0.15, 0.2) is 12.3 Å². The first-order chi connectivity index (χ1) is 8.00. The van der Waals surface area contributed by atoms with Crippen molar-refractivity contribution in [2.24, 2.45) is 0 Å². The van der Waals surface area contributed by atoms with Crippen molar-refractivity contribution in [3.63, 3.8) is 0 Å². The lowest BCUT2D eigenvalue weighted by Crippen LogP contribution is -2.08. The van der Waals surface area contributed by atoms with Gasteiger partial charge in [0.25, 0.3) is 5.69 Å². The minimum absolute atomic E-state index is 0.0114. The van der Waals surface area contributed by atoms with E-state index in [-0.39, 0.29) is 5.69 Å². The van der Waals surface area contributed by atoms with Crippen LogP contribution in [0.2, 0.25) is 0 Å². The van der Waals surface area contributed by atoms with E-state index in [1.807, 2.05) is 0 Å². The molecule has 1 atom stereocenters. The highest BCUT2D eigenvalue weighted by Gasteiger charge is 2.08. The van der Waals surface area contributed by atoms with E-state index in [0.717, 1.165) is 12.0 Å². The first-order valence-corrected chi connectivity index (χ1v) is 6.88. The third-order valence-corrected chi connectivity index (χ3v) is 3.04. The molecule has 0 aromatic carbocycles. The van der Waals surface area contributed by atoms with Crippen LogP contribution in [0.5, 0.6) is 0 Å². The molecule has 0 aliphatic carbocycles. The van der Waals surface area contributed by atoms with Crippen molar-refractivity contribution in [1.29, 1.82) is 0 Å². The predicted molar refractivity (Wildman–Crippen MR) is 67.7 cm³/mol. The van der Waals surface area contributed by atoms with Gasteiger partial charge in [-0.2, -0.15) is 0 Å². The van der Waals surface area contributed by atoms with Gasteiger partial charge in [-0.05, 0) is 18.9 Å². The van der Waals surface area contributed by atoms with E-state index in [1.165, 1.54) is 12.3 Å². The first kappa shape index (κ1) is 13.6. The lowest BCUT2D eigenvalue weighted by Gasteiger charge is -2.07. The van der Waals surface area contributed by atoms with Crippen LogP contribution in [0.3, 0.4) is 0 Å². The van der Waals surface area contributed by atoms with Gasteiger partial charge >= 0.3 is 0 Å². The number of nitrogens with zero attached hydrogens (tertiary/aromatic N) is 2. The zero-order chi connectivity index (χ0) is 12.8. The highest BCUT2D eigenvalue weighted by atomic mass is 32.2. The largest absolute Gasteiger partial charge is 0.370 e. The first-order valence-electron chi connectivity index (χ1n) is 5.15. The van der Waals surface area contributed by atoms with E-state index in [0.29, 0.717) is 18.1 Å². The summed E-state index contributed by atoms with van der Waals surface area (Å²) in [6.45, 7) is 2.42. The van der Waals surface area contributed by atoms with Crippen LogP contribution < -0.4 is 5.32 Å². The molecule has 94 valence electrons. The van der Waals surface area contributed by atoms with Gasteiger partial charge in [0.05, 0.1) is 4.92 Å². The van der Waals surface area contributed by atoms with Crippen LogP contribution in [-0.4, -0.2) is 32.7 Å². The van der Waals surface area contributed by atoms with Gasteiger partial charge in [-0.25, -0.2) is 4.98 Å². The normalized spacial score (nSPS) is 12.1. The minimum Gasteiger partial charge on any atom is -0.370 e. The Hall–Kier alpha value is -1.50. The van der Waals surface area contributed by atoms with E-state index in [1.54, 1.807) is 13.2 Å². The number of nitro groups is 1. The van der Waals surface area contributed by atoms with Gasteiger partial charge in [0.15, 0.2) is 0 Å². The number of anilines is 1. The van der Waals surface area contributed by atoms with Gasteiger partial charge in [0.1, 0.15) is 12.0 Å². The third kappa shape index (κ3) is 4.48. The number of hydrogen-bond donors (Lipinski definition) is 1. The summed E-state index contributed by atoms with van der Waals surface area (Å²) in [5.74, 6) is 1.27. The number of aromatic nitrogens is 1. The monoisotopic (exact) mass is 257 g/mol. The highest BCUT2D eigenvalue weighted by Crippen LogP contribution is 2.17. The van der Waals surface area contributed by atoms with Crippen LogP contribution in [-0.2, 0) is 10.8 Å². The van der Waals surface area contributed by atoms with E-state index in [2.05, 4.69) is 10.3 Å². The lowest BCUT2D eigenvalue weighted by atomic mass is 10.2. The minimum atomic E-state index is -0.788.